The van der Waals surface area contributed by atoms with Crippen LogP contribution in [0.3, 0.4) is 0 Å². The zero-order valence-corrected chi connectivity index (χ0v) is 11.2. The molecule has 0 spiro atoms. The maximum atomic E-state index is 12.3. The van der Waals surface area contributed by atoms with Crippen molar-refractivity contribution < 1.29 is 23.8 Å². The molecular weight excluding hydrogens is 248 g/mol. The van der Waals surface area contributed by atoms with Crippen LogP contribution in [-0.2, 0) is 4.74 Å². The van der Waals surface area contributed by atoms with Gasteiger partial charge in [-0.3, -0.25) is 9.59 Å². The van der Waals surface area contributed by atoms with E-state index in [9.17, 15) is 9.59 Å². The van der Waals surface area contributed by atoms with Gasteiger partial charge in [-0.25, -0.2) is 0 Å². The lowest BCUT2D eigenvalue weighted by Gasteiger charge is -2.20. The van der Waals surface area contributed by atoms with Crippen LogP contribution in [0.1, 0.15) is 26.3 Å². The van der Waals surface area contributed by atoms with Crippen LogP contribution in [-0.4, -0.2) is 32.9 Å². The van der Waals surface area contributed by atoms with E-state index in [1.165, 1.54) is 27.4 Å². The minimum Gasteiger partial charge on any atom is -0.496 e. The summed E-state index contributed by atoms with van der Waals surface area (Å²) in [6, 6.07) is 1.67. The number of rotatable bonds is 3. The molecule has 0 amide bonds. The number of aryl methyl sites for hydroxylation is 1. The summed E-state index contributed by atoms with van der Waals surface area (Å²) in [5.74, 6) is 0.0223. The maximum absolute atomic E-state index is 12.3. The average molecular weight is 262 g/mol. The highest BCUT2D eigenvalue weighted by Crippen LogP contribution is 2.38. The van der Waals surface area contributed by atoms with Gasteiger partial charge in [-0.05, 0) is 18.6 Å². The molecule has 1 aromatic rings. The fraction of sp³-hybridized carbons (Fsp3) is 0.286. The van der Waals surface area contributed by atoms with Gasteiger partial charge in [0.1, 0.15) is 11.5 Å². The number of Topliss-reactive ketones (excluding diaryl/α,β-unsaturated/α-hetero) is 1. The Kier molecular flexibility index (Phi) is 3.29. The lowest BCUT2D eigenvalue weighted by atomic mass is 9.90. The van der Waals surface area contributed by atoms with Crippen molar-refractivity contribution in [1.82, 2.24) is 0 Å². The molecule has 100 valence electrons. The molecule has 0 saturated heterocycles. The fourth-order valence-corrected chi connectivity index (χ4v) is 2.18. The molecule has 0 N–H and O–H groups in total. The van der Waals surface area contributed by atoms with Gasteiger partial charge >= 0.3 is 0 Å². The molecule has 0 aromatic heterocycles. The molecule has 0 unspecified atom stereocenters. The van der Waals surface area contributed by atoms with E-state index < -0.39 is 0 Å². The molecule has 0 saturated carbocycles. The van der Waals surface area contributed by atoms with E-state index in [1.807, 2.05) is 0 Å². The van der Waals surface area contributed by atoms with Crippen LogP contribution in [0.15, 0.2) is 17.9 Å². The Morgan fingerprint density at radius 3 is 2.16 bits per heavy atom. The molecule has 1 aliphatic rings. The Morgan fingerprint density at radius 1 is 0.947 bits per heavy atom. The smallest absolute Gasteiger partial charge is 0.232 e. The lowest BCUT2D eigenvalue weighted by Crippen LogP contribution is -2.20. The van der Waals surface area contributed by atoms with Crippen LogP contribution < -0.4 is 9.47 Å². The van der Waals surface area contributed by atoms with Gasteiger partial charge in [-0.15, -0.1) is 0 Å². The Labute approximate surface area is 110 Å². The predicted molar refractivity (Wildman–Crippen MR) is 68.0 cm³/mol. The van der Waals surface area contributed by atoms with Crippen molar-refractivity contribution >= 4 is 11.6 Å². The Bertz CT molecular complexity index is 598. The number of methoxy groups -OCH3 is 3. The molecule has 0 bridgehead atoms. The second kappa shape index (κ2) is 4.76. The second-order valence-corrected chi connectivity index (χ2v) is 4.09. The van der Waals surface area contributed by atoms with Crippen LogP contribution in [0.4, 0.5) is 0 Å². The van der Waals surface area contributed by atoms with Crippen LogP contribution in [0.5, 0.6) is 11.5 Å². The molecule has 19 heavy (non-hydrogen) atoms. The number of fused-ring (bicyclic) bond motifs is 1. The number of ketones is 2. The van der Waals surface area contributed by atoms with Crippen LogP contribution in [0.25, 0.3) is 0 Å². The van der Waals surface area contributed by atoms with Crippen LogP contribution in [0, 0.1) is 6.92 Å². The molecule has 5 nitrogen and oxygen atoms in total. The van der Waals surface area contributed by atoms with E-state index in [0.29, 0.717) is 11.5 Å². The van der Waals surface area contributed by atoms with Gasteiger partial charge in [0, 0.05) is 6.08 Å². The second-order valence-electron chi connectivity index (χ2n) is 4.09. The summed E-state index contributed by atoms with van der Waals surface area (Å²) in [6.45, 7) is 1.79. The first-order chi connectivity index (χ1) is 9.04. The van der Waals surface area contributed by atoms with Gasteiger partial charge in [-0.2, -0.15) is 0 Å². The van der Waals surface area contributed by atoms with Gasteiger partial charge in [0.05, 0.1) is 32.5 Å². The summed E-state index contributed by atoms with van der Waals surface area (Å²) in [6.07, 6.45) is 1.17. The molecule has 0 radical (unpaired) electrons. The molecule has 1 aliphatic carbocycles. The largest absolute Gasteiger partial charge is 0.496 e. The van der Waals surface area contributed by atoms with Gasteiger partial charge in [0.15, 0.2) is 11.5 Å². The van der Waals surface area contributed by atoms with Crippen molar-refractivity contribution in [2.45, 2.75) is 6.92 Å². The molecule has 0 atom stereocenters. The Balaban J connectivity index is 2.81. The highest BCUT2D eigenvalue weighted by atomic mass is 16.5. The van der Waals surface area contributed by atoms with Crippen molar-refractivity contribution in [1.29, 1.82) is 0 Å². The van der Waals surface area contributed by atoms with Crippen molar-refractivity contribution in [3.63, 3.8) is 0 Å². The van der Waals surface area contributed by atoms with Gasteiger partial charge in [0.25, 0.3) is 0 Å². The molecule has 2 rings (SSSR count). The summed E-state index contributed by atoms with van der Waals surface area (Å²) in [7, 11) is 4.26. The standard InChI is InChI=1S/C14H14O5/c1-7-5-9(17-2)12-11(14(7)19-4)8(15)6-10(18-3)13(12)16/h5-6H,1-4H3. The highest BCUT2D eigenvalue weighted by Gasteiger charge is 2.33. The van der Waals surface area contributed by atoms with Gasteiger partial charge < -0.3 is 14.2 Å². The maximum Gasteiger partial charge on any atom is 0.232 e. The Hall–Kier alpha value is -2.30. The monoisotopic (exact) mass is 262 g/mol. The SMILES string of the molecule is COC1=CC(=O)c2c(OC)c(C)cc(OC)c2C1=O. The highest BCUT2D eigenvalue weighted by molar-refractivity contribution is 6.26. The third-order valence-corrected chi connectivity index (χ3v) is 3.03. The first-order valence-electron chi connectivity index (χ1n) is 5.65. The van der Waals surface area contributed by atoms with Crippen molar-refractivity contribution in [3.8, 4) is 11.5 Å². The van der Waals surface area contributed by atoms with E-state index in [1.54, 1.807) is 13.0 Å². The van der Waals surface area contributed by atoms with Crippen LogP contribution >= 0.6 is 0 Å². The van der Waals surface area contributed by atoms with E-state index in [-0.39, 0.29) is 28.5 Å². The summed E-state index contributed by atoms with van der Waals surface area (Å²) >= 11 is 0. The number of ether oxygens (including phenoxy) is 3. The van der Waals surface area contributed by atoms with Crippen molar-refractivity contribution in [2.75, 3.05) is 21.3 Å². The van der Waals surface area contributed by atoms with Crippen molar-refractivity contribution in [3.05, 3.63) is 34.6 Å². The Morgan fingerprint density at radius 2 is 1.63 bits per heavy atom. The molecule has 0 aliphatic heterocycles. The molecule has 0 fully saturated rings. The zero-order valence-electron chi connectivity index (χ0n) is 11.2. The molecule has 1 aromatic carbocycles. The normalized spacial score (nSPS) is 13.8. The minimum absolute atomic E-state index is 0.00158. The first kappa shape index (κ1) is 13.1. The summed E-state index contributed by atoms with van der Waals surface area (Å²) in [5.41, 5.74) is 1.15. The van der Waals surface area contributed by atoms with Gasteiger partial charge in [-0.1, -0.05) is 0 Å². The molecule has 0 heterocycles. The lowest BCUT2D eigenvalue weighted by molar-refractivity contribution is 0.0911. The van der Waals surface area contributed by atoms with Crippen LogP contribution in [0.2, 0.25) is 0 Å². The quantitative estimate of drug-likeness (QED) is 0.832. The summed E-state index contributed by atoms with van der Waals surface area (Å²) in [5, 5.41) is 0. The molecule has 5 heteroatoms. The topological polar surface area (TPSA) is 61.8 Å². The zero-order chi connectivity index (χ0) is 14.2. The van der Waals surface area contributed by atoms with Crippen molar-refractivity contribution in [2.24, 2.45) is 0 Å². The average Bonchev–Trinajstić information content (AvgIpc) is 2.41. The number of benzene rings is 1. The number of carbonyl (C=O) groups is 2. The first-order valence-corrected chi connectivity index (χ1v) is 5.65. The third-order valence-electron chi connectivity index (χ3n) is 3.03. The van der Waals surface area contributed by atoms with E-state index >= 15 is 0 Å². The number of carbonyl (C=O) groups excluding carboxylic acids is 2. The van der Waals surface area contributed by atoms with E-state index in [0.717, 1.165) is 5.56 Å². The number of allylic oxidation sites excluding steroid dienone is 2. The number of hydrogen-bond donors (Lipinski definition) is 0. The van der Waals surface area contributed by atoms with E-state index in [4.69, 9.17) is 14.2 Å². The summed E-state index contributed by atoms with van der Waals surface area (Å²) in [4.78, 5) is 24.4. The predicted octanol–water partition coefficient (Wildman–Crippen LogP) is 1.92. The minimum atomic E-state index is -0.382. The molecular formula is C14H14O5. The van der Waals surface area contributed by atoms with Gasteiger partial charge in [0.2, 0.25) is 5.78 Å². The number of hydrogen-bond acceptors (Lipinski definition) is 5. The third kappa shape index (κ3) is 1.87. The summed E-state index contributed by atoms with van der Waals surface area (Å²) < 4.78 is 15.4. The van der Waals surface area contributed by atoms with E-state index in [2.05, 4.69) is 0 Å². The fourth-order valence-electron chi connectivity index (χ4n) is 2.18.